The summed E-state index contributed by atoms with van der Waals surface area (Å²) in [4.78, 5) is 17.9. The van der Waals surface area contributed by atoms with Crippen LogP contribution in [0.3, 0.4) is 0 Å². The van der Waals surface area contributed by atoms with E-state index in [1.165, 1.54) is 50.6 Å². The summed E-state index contributed by atoms with van der Waals surface area (Å²) < 4.78 is 0. The summed E-state index contributed by atoms with van der Waals surface area (Å²) in [5.41, 5.74) is 1.41. The van der Waals surface area contributed by atoms with Crippen LogP contribution in [0.4, 0.5) is 0 Å². The van der Waals surface area contributed by atoms with Gasteiger partial charge in [0.15, 0.2) is 0 Å². The van der Waals surface area contributed by atoms with Gasteiger partial charge in [0.2, 0.25) is 5.91 Å². The summed E-state index contributed by atoms with van der Waals surface area (Å²) in [7, 11) is 0. The maximum atomic E-state index is 12.9. The van der Waals surface area contributed by atoms with Crippen molar-refractivity contribution in [3.63, 3.8) is 0 Å². The van der Waals surface area contributed by atoms with Crippen LogP contribution in [0.5, 0.6) is 0 Å². The number of amides is 1. The number of nitrogens with zero attached hydrogens (tertiary/aromatic N) is 2. The fraction of sp³-hybridized carbons (Fsp3) is 0.696. The molecule has 4 rings (SSSR count). The zero-order valence-electron chi connectivity index (χ0n) is 16.8. The first-order chi connectivity index (χ1) is 12.7. The molecule has 0 aromatic heterocycles. The summed E-state index contributed by atoms with van der Waals surface area (Å²) >= 11 is 0. The van der Waals surface area contributed by atoms with E-state index in [-0.39, 0.29) is 5.48 Å². The van der Waals surface area contributed by atoms with Gasteiger partial charge in [-0.25, -0.2) is 0 Å². The molecule has 2 N–H and O–H groups in total. The molecule has 27 heavy (non-hydrogen) atoms. The van der Waals surface area contributed by atoms with Crippen molar-refractivity contribution in [1.29, 1.82) is 0 Å². The Morgan fingerprint density at radius 3 is 2.48 bits per heavy atom. The number of rotatable bonds is 3. The highest BCUT2D eigenvalue weighted by atomic mass is 16.2. The van der Waals surface area contributed by atoms with Crippen LogP contribution in [0, 0.1) is 11.8 Å². The van der Waals surface area contributed by atoms with Gasteiger partial charge in [0.25, 0.3) is 0 Å². The molecule has 1 saturated carbocycles. The molecule has 2 saturated heterocycles. The highest BCUT2D eigenvalue weighted by Crippen LogP contribution is 2.38. The molecule has 4 atom stereocenters. The zero-order chi connectivity index (χ0) is 17.9. The molecular weight excluding hydrogens is 336 g/mol. The van der Waals surface area contributed by atoms with Gasteiger partial charge in [-0.05, 0) is 56.0 Å². The minimum Gasteiger partial charge on any atom is -0.412 e. The van der Waals surface area contributed by atoms with E-state index in [4.69, 9.17) is 0 Å². The Labute approximate surface area is 164 Å². The van der Waals surface area contributed by atoms with Gasteiger partial charge in [-0.2, -0.15) is 0 Å². The number of carbonyl (C=O) groups is 1. The van der Waals surface area contributed by atoms with Gasteiger partial charge in [-0.1, -0.05) is 50.1 Å². The fourth-order valence-corrected chi connectivity index (χ4v) is 5.70. The number of benzene rings is 1. The Hall–Kier alpha value is -1.39. The third kappa shape index (κ3) is 4.55. The zero-order valence-corrected chi connectivity index (χ0v) is 16.8. The summed E-state index contributed by atoms with van der Waals surface area (Å²) in [6.07, 6.45) is 9.45. The van der Waals surface area contributed by atoms with Crippen molar-refractivity contribution in [2.24, 2.45) is 11.8 Å². The third-order valence-corrected chi connectivity index (χ3v) is 7.06. The molecule has 3 fully saturated rings. The van der Waals surface area contributed by atoms with E-state index in [0.29, 0.717) is 29.8 Å². The number of fused-ring (bicyclic) bond motifs is 1. The minimum atomic E-state index is 0. The second-order valence-corrected chi connectivity index (χ2v) is 8.86. The third-order valence-electron chi connectivity index (χ3n) is 7.06. The van der Waals surface area contributed by atoms with Crippen molar-refractivity contribution in [3.8, 4) is 0 Å². The molecule has 0 spiro atoms. The smallest absolute Gasteiger partial charge is 0.223 e. The highest BCUT2D eigenvalue weighted by Gasteiger charge is 2.42. The van der Waals surface area contributed by atoms with Gasteiger partial charge in [-0.3, -0.25) is 9.69 Å². The average molecular weight is 373 g/mol. The second-order valence-electron chi connectivity index (χ2n) is 8.86. The Balaban J connectivity index is 0.00000210. The van der Waals surface area contributed by atoms with Crippen molar-refractivity contribution in [3.05, 3.63) is 35.9 Å². The van der Waals surface area contributed by atoms with Crippen molar-refractivity contribution >= 4 is 5.91 Å². The van der Waals surface area contributed by atoms with E-state index < -0.39 is 0 Å². The van der Waals surface area contributed by atoms with Crippen LogP contribution in [-0.4, -0.2) is 46.4 Å². The van der Waals surface area contributed by atoms with E-state index in [9.17, 15) is 4.79 Å². The van der Waals surface area contributed by atoms with E-state index in [1.54, 1.807) is 0 Å². The van der Waals surface area contributed by atoms with Gasteiger partial charge >= 0.3 is 0 Å². The lowest BCUT2D eigenvalue weighted by Crippen LogP contribution is -2.56. The molecule has 1 aliphatic carbocycles. The van der Waals surface area contributed by atoms with E-state index >= 15 is 0 Å². The van der Waals surface area contributed by atoms with Crippen LogP contribution in [0.1, 0.15) is 63.9 Å². The SMILES string of the molecule is C[C@H]1CCCC[C@@H]1N1C(=O)CC[C@@H]2CN(Cc3ccccc3)CCCC21.O. The lowest BCUT2D eigenvalue weighted by Gasteiger charge is -2.48. The van der Waals surface area contributed by atoms with Gasteiger partial charge in [0, 0.05) is 31.6 Å². The van der Waals surface area contributed by atoms with E-state index in [2.05, 4.69) is 47.1 Å². The first-order valence-corrected chi connectivity index (χ1v) is 10.8. The standard InChI is InChI=1S/C23H34N2O.H2O/c1-18-8-5-6-11-21(18)25-22-12-7-15-24(16-19-9-3-2-4-10-19)17-20(22)13-14-23(25)26;/h2-4,9-10,18,20-22H,5-8,11-17H2,1H3;1H2/t18-,20+,21-,22?;/m0./s1. The molecule has 2 heterocycles. The summed E-state index contributed by atoms with van der Waals surface area (Å²) in [6.45, 7) is 5.76. The fourth-order valence-electron chi connectivity index (χ4n) is 5.70. The van der Waals surface area contributed by atoms with Crippen LogP contribution in [0.2, 0.25) is 0 Å². The molecule has 2 aliphatic heterocycles. The van der Waals surface area contributed by atoms with Crippen molar-refractivity contribution in [1.82, 2.24) is 9.80 Å². The quantitative estimate of drug-likeness (QED) is 0.813. The van der Waals surface area contributed by atoms with Crippen LogP contribution in [0.15, 0.2) is 30.3 Å². The molecule has 3 aliphatic rings. The Morgan fingerprint density at radius 1 is 0.963 bits per heavy atom. The number of piperidine rings is 1. The van der Waals surface area contributed by atoms with Crippen LogP contribution in [0.25, 0.3) is 0 Å². The molecule has 150 valence electrons. The average Bonchev–Trinajstić information content (AvgIpc) is 2.85. The van der Waals surface area contributed by atoms with Crippen molar-refractivity contribution < 1.29 is 10.3 Å². The Bertz CT molecular complexity index is 606. The Kier molecular flexibility index (Phi) is 6.93. The van der Waals surface area contributed by atoms with Crippen LogP contribution < -0.4 is 0 Å². The van der Waals surface area contributed by atoms with Gasteiger partial charge in [0.05, 0.1) is 0 Å². The predicted octanol–water partition coefficient (Wildman–Crippen LogP) is 3.64. The molecule has 1 aromatic rings. The lowest BCUT2D eigenvalue weighted by atomic mass is 9.79. The van der Waals surface area contributed by atoms with E-state index in [1.807, 2.05) is 0 Å². The largest absolute Gasteiger partial charge is 0.412 e. The van der Waals surface area contributed by atoms with Crippen LogP contribution >= 0.6 is 0 Å². The maximum absolute atomic E-state index is 12.9. The normalized spacial score (nSPS) is 32.3. The van der Waals surface area contributed by atoms with Crippen molar-refractivity contribution in [2.45, 2.75) is 76.9 Å². The van der Waals surface area contributed by atoms with E-state index in [0.717, 1.165) is 25.9 Å². The second kappa shape index (κ2) is 9.20. The molecule has 0 bridgehead atoms. The summed E-state index contributed by atoms with van der Waals surface area (Å²) in [6, 6.07) is 11.8. The predicted molar refractivity (Wildman–Crippen MR) is 109 cm³/mol. The monoisotopic (exact) mass is 372 g/mol. The topological polar surface area (TPSA) is 55.1 Å². The molecule has 4 nitrogen and oxygen atoms in total. The minimum absolute atomic E-state index is 0. The summed E-state index contributed by atoms with van der Waals surface area (Å²) in [5, 5.41) is 0. The first kappa shape index (κ1) is 20.3. The molecule has 1 amide bonds. The molecular formula is C23H36N2O2. The van der Waals surface area contributed by atoms with Crippen LogP contribution in [-0.2, 0) is 11.3 Å². The number of likely N-dealkylation sites (tertiary alicyclic amines) is 2. The lowest BCUT2D eigenvalue weighted by molar-refractivity contribution is -0.145. The van der Waals surface area contributed by atoms with Crippen molar-refractivity contribution in [2.75, 3.05) is 13.1 Å². The maximum Gasteiger partial charge on any atom is 0.223 e. The molecule has 1 unspecified atom stereocenters. The number of hydrogen-bond acceptors (Lipinski definition) is 2. The molecule has 0 radical (unpaired) electrons. The first-order valence-electron chi connectivity index (χ1n) is 10.8. The molecule has 1 aromatic carbocycles. The highest BCUT2D eigenvalue weighted by molar-refractivity contribution is 5.78. The van der Waals surface area contributed by atoms with Gasteiger partial charge in [-0.15, -0.1) is 0 Å². The number of carbonyl (C=O) groups excluding carboxylic acids is 1. The van der Waals surface area contributed by atoms with Gasteiger partial charge in [0.1, 0.15) is 0 Å². The van der Waals surface area contributed by atoms with Gasteiger partial charge < -0.3 is 10.4 Å². The molecule has 4 heteroatoms. The number of hydrogen-bond donors (Lipinski definition) is 0. The summed E-state index contributed by atoms with van der Waals surface area (Å²) in [5.74, 6) is 1.78. The Morgan fingerprint density at radius 2 is 1.70 bits per heavy atom.